The average molecular weight is 947 g/mol. The van der Waals surface area contributed by atoms with Crippen LogP contribution >= 0.6 is 0 Å². The van der Waals surface area contributed by atoms with Crippen molar-refractivity contribution in [2.75, 3.05) is 26.2 Å². The second-order valence-corrected chi connectivity index (χ2v) is 13.9. The molecule has 0 aliphatic heterocycles. The number of rotatable bonds is 17. The van der Waals surface area contributed by atoms with E-state index in [0.29, 0.717) is 16.7 Å². The number of aromatic carboxylic acids is 2. The Morgan fingerprint density at radius 2 is 0.797 bits per heavy atom. The van der Waals surface area contributed by atoms with Gasteiger partial charge in [0.15, 0.2) is 5.78 Å². The Morgan fingerprint density at radius 3 is 1.13 bits per heavy atom. The van der Waals surface area contributed by atoms with E-state index in [0.717, 1.165) is 21.9 Å². The molecule has 0 atom stereocenters. The Kier molecular flexibility index (Phi) is 21.1. The van der Waals surface area contributed by atoms with Gasteiger partial charge in [0.05, 0.1) is 65.0 Å². The van der Waals surface area contributed by atoms with E-state index in [1.165, 1.54) is 36.4 Å². The summed E-state index contributed by atoms with van der Waals surface area (Å²) in [5, 5.41) is 65.5. The Bertz CT molecular complexity index is 2670. The van der Waals surface area contributed by atoms with Crippen LogP contribution in [0.5, 0.6) is 0 Å². The number of ketones is 2. The highest BCUT2D eigenvalue weighted by atomic mass is 19.4. The maximum Gasteiger partial charge on any atom is 0.450 e. The number of Topliss-reactive ketones (excluding diaryl/α,β-unsaturated/α-hetero) is 2. The minimum atomic E-state index is -4.94. The molecule has 21 heteroatoms. The lowest BCUT2D eigenvalue weighted by atomic mass is 10.1. The molecular weight excluding hydrogens is 914 g/mol. The fourth-order valence-corrected chi connectivity index (χ4v) is 5.52. The van der Waals surface area contributed by atoms with Gasteiger partial charge < -0.3 is 59.4 Å². The number of benzene rings is 3. The van der Waals surface area contributed by atoms with Crippen molar-refractivity contribution in [3.63, 3.8) is 0 Å². The molecule has 0 aliphatic rings. The number of pyridine rings is 2. The van der Waals surface area contributed by atoms with Crippen LogP contribution in [0.15, 0.2) is 115 Å². The number of aliphatic carboxylic acids is 4. The van der Waals surface area contributed by atoms with E-state index < -0.39 is 97.5 Å². The number of hydrogen-bond donors (Lipinski definition) is 0. The van der Waals surface area contributed by atoms with E-state index in [9.17, 15) is 82.2 Å². The second-order valence-electron chi connectivity index (χ2n) is 13.9. The van der Waals surface area contributed by atoms with Gasteiger partial charge in [0.2, 0.25) is 5.78 Å². The van der Waals surface area contributed by atoms with Crippen molar-refractivity contribution in [1.29, 1.82) is 0 Å². The van der Waals surface area contributed by atoms with Gasteiger partial charge in [0, 0.05) is 67.1 Å². The molecule has 18 nitrogen and oxygen atoms in total. The van der Waals surface area contributed by atoms with Crippen LogP contribution in [0.3, 0.4) is 0 Å². The lowest BCUT2D eigenvalue weighted by molar-refractivity contribution is -0.313. The van der Waals surface area contributed by atoms with Gasteiger partial charge in [0.1, 0.15) is 0 Å². The zero-order chi connectivity index (χ0) is 51.1. The lowest BCUT2D eigenvalue weighted by Gasteiger charge is -2.24. The number of carboxylic acid groups (broad SMARTS) is 6. The van der Waals surface area contributed by atoms with Crippen molar-refractivity contribution in [2.45, 2.75) is 25.7 Å². The number of halogens is 3. The molecule has 5 rings (SSSR count). The minimum absolute atomic E-state index is 0.107. The smallest absolute Gasteiger partial charge is 0.450 e. The van der Waals surface area contributed by atoms with Crippen LogP contribution in [-0.4, -0.2) is 99.5 Å². The number of alkyl halides is 3. The van der Waals surface area contributed by atoms with Gasteiger partial charge in [-0.1, -0.05) is 90.4 Å². The molecule has 0 bridgehead atoms. The molecule has 69 heavy (non-hydrogen) atoms. The topological polar surface area (TPSA) is 307 Å². The van der Waals surface area contributed by atoms with Crippen molar-refractivity contribution in [1.82, 2.24) is 19.8 Å². The summed E-state index contributed by atoms with van der Waals surface area (Å²) in [6.45, 7) is -3.26. The number of aromatic nitrogens is 2. The Labute approximate surface area is 389 Å². The molecule has 0 saturated heterocycles. The molecule has 0 saturated carbocycles. The summed E-state index contributed by atoms with van der Waals surface area (Å²) >= 11 is 0. The summed E-state index contributed by atoms with van der Waals surface area (Å²) < 4.78 is 35.5. The normalized spacial score (nSPS) is 10.3. The third kappa shape index (κ3) is 21.2. The zero-order valence-electron chi connectivity index (χ0n) is 35.6. The first kappa shape index (κ1) is 54.3. The quantitative estimate of drug-likeness (QED) is 0.0500. The highest BCUT2D eigenvalue weighted by Gasteiger charge is 2.39. The SMILES string of the molecule is O=C(CC(=O)C(F)(F)F)c1ccccc1.O=C([O-])CN(CC(=O)[O-])Cc1cc(C#Cc2ccccc2)cc(CN(CC(=O)[O-])CC(=O)[O-])n1.O=C([O-])c1cc(C#Cc2ccccc2)cc(C(=O)[O-])n1. The van der Waals surface area contributed by atoms with Crippen molar-refractivity contribution in [2.24, 2.45) is 0 Å². The number of carbonyl (C=O) groups is 8. The molecule has 0 N–H and O–H groups in total. The average Bonchev–Trinajstić information content (AvgIpc) is 3.27. The van der Waals surface area contributed by atoms with Crippen LogP contribution in [-0.2, 0) is 37.1 Å². The first-order chi connectivity index (χ1) is 32.6. The third-order valence-corrected chi connectivity index (χ3v) is 8.34. The van der Waals surface area contributed by atoms with Crippen molar-refractivity contribution in [3.05, 3.63) is 166 Å². The molecule has 356 valence electrons. The summed E-state index contributed by atoms with van der Waals surface area (Å²) in [6.07, 6.45) is -6.07. The van der Waals surface area contributed by atoms with E-state index >= 15 is 0 Å². The Balaban J connectivity index is 0.000000303. The Hall–Kier alpha value is -9.05. The van der Waals surface area contributed by atoms with E-state index in [4.69, 9.17) is 0 Å². The van der Waals surface area contributed by atoms with Crippen LogP contribution in [0.4, 0.5) is 13.2 Å². The summed E-state index contributed by atoms with van der Waals surface area (Å²) in [7, 11) is 0. The molecule has 0 spiro atoms. The van der Waals surface area contributed by atoms with Crippen LogP contribution in [0.25, 0.3) is 0 Å². The molecule has 0 unspecified atom stereocenters. The molecule has 2 aromatic heterocycles. The van der Waals surface area contributed by atoms with E-state index in [1.54, 1.807) is 54.6 Å². The van der Waals surface area contributed by atoms with Gasteiger partial charge >= 0.3 is 6.18 Å². The largest absolute Gasteiger partial charge is 0.549 e. The maximum atomic E-state index is 11.8. The standard InChI is InChI=1S/C23H23N3O8.C15H9NO4.C10H7F3O2/c27-20(28)12-25(13-21(29)30)10-18-8-17(7-6-16-4-2-1-3-5-16)9-19(24-18)11-26(14-22(31)32)15-23(33)34;17-14(18)12-8-11(9-13(16-12)15(19)20)7-6-10-4-2-1-3-5-10;11-10(12,13)9(15)6-8(14)7-4-2-1-3-5-7/h1-5,8-9H,10-15H2,(H,27,28)(H,29,30)(H,31,32)(H,33,34);1-5,8-9H,(H,17,18)(H,19,20);1-5H,6H2/p-6. The Morgan fingerprint density at radius 1 is 0.464 bits per heavy atom. The van der Waals surface area contributed by atoms with E-state index in [-0.39, 0.29) is 35.6 Å². The molecular formula is C48H33F3N4O14-6. The predicted octanol–water partition coefficient (Wildman–Crippen LogP) is -3.32. The lowest BCUT2D eigenvalue weighted by Crippen LogP contribution is -2.44. The fourth-order valence-electron chi connectivity index (χ4n) is 5.52. The van der Waals surface area contributed by atoms with Crippen LogP contribution in [0.1, 0.15) is 71.4 Å². The van der Waals surface area contributed by atoms with Crippen molar-refractivity contribution in [3.8, 4) is 23.7 Å². The van der Waals surface area contributed by atoms with Crippen LogP contribution in [0.2, 0.25) is 0 Å². The summed E-state index contributed by atoms with van der Waals surface area (Å²) in [5.41, 5.74) is 1.60. The van der Waals surface area contributed by atoms with Gasteiger partial charge in [-0.15, -0.1) is 0 Å². The predicted molar refractivity (Wildman–Crippen MR) is 219 cm³/mol. The van der Waals surface area contributed by atoms with Crippen LogP contribution in [0, 0.1) is 23.7 Å². The molecule has 5 aromatic rings. The number of hydrogen-bond acceptors (Lipinski definition) is 18. The first-order valence-corrected chi connectivity index (χ1v) is 19.6. The molecule has 0 amide bonds. The number of carboxylic acids is 6. The van der Waals surface area contributed by atoms with Gasteiger partial charge in [-0.25, -0.2) is 4.98 Å². The van der Waals surface area contributed by atoms with Gasteiger partial charge in [-0.2, -0.15) is 13.2 Å². The van der Waals surface area contributed by atoms with Gasteiger partial charge in [0.25, 0.3) is 0 Å². The molecule has 0 aliphatic carbocycles. The minimum Gasteiger partial charge on any atom is -0.549 e. The maximum absolute atomic E-state index is 11.8. The second kappa shape index (κ2) is 26.8. The number of nitrogens with zero attached hydrogens (tertiary/aromatic N) is 4. The van der Waals surface area contributed by atoms with E-state index in [1.807, 2.05) is 12.1 Å². The third-order valence-electron chi connectivity index (χ3n) is 8.34. The van der Waals surface area contributed by atoms with Gasteiger partial charge in [-0.05, 0) is 48.5 Å². The molecule has 3 aromatic carbocycles. The number of carbonyl (C=O) groups excluding carboxylic acids is 8. The monoisotopic (exact) mass is 946 g/mol. The summed E-state index contributed by atoms with van der Waals surface area (Å²) in [6, 6.07) is 30.7. The van der Waals surface area contributed by atoms with Gasteiger partial charge in [-0.3, -0.25) is 24.4 Å². The molecule has 2 heterocycles. The fraction of sp³-hybridized carbons (Fsp3) is 0.167. The van der Waals surface area contributed by atoms with Crippen LogP contribution < -0.4 is 30.6 Å². The zero-order valence-corrected chi connectivity index (χ0v) is 35.6. The van der Waals surface area contributed by atoms with Crippen molar-refractivity contribution < 1.29 is 82.2 Å². The molecule has 0 fully saturated rings. The first-order valence-electron chi connectivity index (χ1n) is 19.6. The molecule has 0 radical (unpaired) electrons. The summed E-state index contributed by atoms with van der Waals surface area (Å²) in [4.78, 5) is 96.9. The highest BCUT2D eigenvalue weighted by molar-refractivity contribution is 6.09. The van der Waals surface area contributed by atoms with Crippen molar-refractivity contribution >= 4 is 47.4 Å². The van der Waals surface area contributed by atoms with E-state index in [2.05, 4.69) is 33.6 Å². The highest BCUT2D eigenvalue weighted by Crippen LogP contribution is 2.19. The summed E-state index contributed by atoms with van der Waals surface area (Å²) in [5.74, 6) is -0.694.